The maximum Gasteiger partial charge on any atom is 0.256 e. The van der Waals surface area contributed by atoms with Crippen molar-refractivity contribution in [1.82, 2.24) is 0 Å². The second-order valence-electron chi connectivity index (χ2n) is 6.10. The van der Waals surface area contributed by atoms with Crippen molar-refractivity contribution < 1.29 is 4.79 Å². The van der Waals surface area contributed by atoms with Gasteiger partial charge in [0.15, 0.2) is 0 Å². The van der Waals surface area contributed by atoms with E-state index in [1.54, 1.807) is 0 Å². The summed E-state index contributed by atoms with van der Waals surface area (Å²) in [5.41, 5.74) is 7.23. The largest absolute Gasteiger partial charge is 0.383 e. The molecule has 2 aromatic rings. The lowest BCUT2D eigenvalue weighted by molar-refractivity contribution is 0.102. The Morgan fingerprint density at radius 3 is 2.59 bits per heavy atom. The third-order valence-corrected chi connectivity index (χ3v) is 4.23. The molecule has 22 heavy (non-hydrogen) atoms. The number of amides is 1. The summed E-state index contributed by atoms with van der Waals surface area (Å²) >= 11 is 0. The van der Waals surface area contributed by atoms with E-state index < -0.39 is 0 Å². The van der Waals surface area contributed by atoms with Crippen LogP contribution in [0.25, 0.3) is 0 Å². The SMILES string of the molecule is Cc1cc(C)c(C(=O)Nc2cccc3c2NCCC3)c(C)c1. The van der Waals surface area contributed by atoms with Gasteiger partial charge >= 0.3 is 0 Å². The van der Waals surface area contributed by atoms with Crippen LogP contribution in [0.5, 0.6) is 0 Å². The third kappa shape index (κ3) is 2.71. The molecule has 0 atom stereocenters. The highest BCUT2D eigenvalue weighted by Gasteiger charge is 2.17. The van der Waals surface area contributed by atoms with Crippen LogP contribution in [0.3, 0.4) is 0 Å². The molecule has 0 spiro atoms. The molecule has 3 nitrogen and oxygen atoms in total. The molecule has 114 valence electrons. The first-order valence-corrected chi connectivity index (χ1v) is 7.81. The van der Waals surface area contributed by atoms with Crippen LogP contribution in [0.2, 0.25) is 0 Å². The lowest BCUT2D eigenvalue weighted by Crippen LogP contribution is -2.19. The molecular formula is C19H22N2O. The second-order valence-corrected chi connectivity index (χ2v) is 6.10. The Kier molecular flexibility index (Phi) is 3.88. The van der Waals surface area contributed by atoms with Crippen molar-refractivity contribution in [3.63, 3.8) is 0 Å². The van der Waals surface area contributed by atoms with E-state index in [9.17, 15) is 4.79 Å². The smallest absolute Gasteiger partial charge is 0.256 e. The Morgan fingerprint density at radius 1 is 1.14 bits per heavy atom. The molecule has 0 unspecified atom stereocenters. The number of rotatable bonds is 2. The normalized spacial score (nSPS) is 13.2. The van der Waals surface area contributed by atoms with Crippen LogP contribution < -0.4 is 10.6 Å². The van der Waals surface area contributed by atoms with Gasteiger partial charge in [0.2, 0.25) is 0 Å². The van der Waals surface area contributed by atoms with E-state index >= 15 is 0 Å². The molecule has 0 bridgehead atoms. The topological polar surface area (TPSA) is 41.1 Å². The number of fused-ring (bicyclic) bond motifs is 1. The summed E-state index contributed by atoms with van der Waals surface area (Å²) in [6.45, 7) is 7.00. The summed E-state index contributed by atoms with van der Waals surface area (Å²) in [7, 11) is 0. The maximum atomic E-state index is 12.7. The zero-order chi connectivity index (χ0) is 15.7. The number of aryl methyl sites for hydroxylation is 4. The Morgan fingerprint density at radius 2 is 1.86 bits per heavy atom. The van der Waals surface area contributed by atoms with Gasteiger partial charge in [-0.25, -0.2) is 0 Å². The fourth-order valence-corrected chi connectivity index (χ4v) is 3.34. The van der Waals surface area contributed by atoms with Crippen molar-refractivity contribution in [2.24, 2.45) is 0 Å². The molecule has 2 N–H and O–H groups in total. The zero-order valence-corrected chi connectivity index (χ0v) is 13.4. The number of hydrogen-bond donors (Lipinski definition) is 2. The highest BCUT2D eigenvalue weighted by Crippen LogP contribution is 2.30. The van der Waals surface area contributed by atoms with Crippen LogP contribution >= 0.6 is 0 Å². The summed E-state index contributed by atoms with van der Waals surface area (Å²) in [5, 5.41) is 6.50. The minimum absolute atomic E-state index is 0.0317. The molecule has 0 radical (unpaired) electrons. The Bertz CT molecular complexity index is 711. The molecule has 3 heteroatoms. The Balaban J connectivity index is 1.93. The van der Waals surface area contributed by atoms with E-state index in [1.807, 2.05) is 26.0 Å². The van der Waals surface area contributed by atoms with E-state index in [1.165, 1.54) is 11.1 Å². The van der Waals surface area contributed by atoms with Gasteiger partial charge in [0.05, 0.1) is 11.4 Å². The quantitative estimate of drug-likeness (QED) is 0.870. The fourth-order valence-electron chi connectivity index (χ4n) is 3.34. The van der Waals surface area contributed by atoms with Gasteiger partial charge in [-0.2, -0.15) is 0 Å². The van der Waals surface area contributed by atoms with Gasteiger partial charge in [0.25, 0.3) is 5.91 Å². The first-order valence-electron chi connectivity index (χ1n) is 7.81. The predicted octanol–water partition coefficient (Wildman–Crippen LogP) is 4.22. The molecule has 0 saturated heterocycles. The lowest BCUT2D eigenvalue weighted by atomic mass is 9.98. The van der Waals surface area contributed by atoms with Gasteiger partial charge in [-0.1, -0.05) is 29.8 Å². The van der Waals surface area contributed by atoms with Gasteiger partial charge in [-0.05, 0) is 56.4 Å². The molecule has 3 rings (SSSR count). The molecule has 0 fully saturated rings. The monoisotopic (exact) mass is 294 g/mol. The summed E-state index contributed by atoms with van der Waals surface area (Å²) in [6, 6.07) is 10.2. The average Bonchev–Trinajstić information content (AvgIpc) is 2.46. The summed E-state index contributed by atoms with van der Waals surface area (Å²) in [4.78, 5) is 12.7. The summed E-state index contributed by atoms with van der Waals surface area (Å²) in [5.74, 6) is -0.0317. The van der Waals surface area contributed by atoms with Crippen LogP contribution in [0.4, 0.5) is 11.4 Å². The Labute approximate surface area is 131 Å². The third-order valence-electron chi connectivity index (χ3n) is 4.23. The van der Waals surface area contributed by atoms with Crippen molar-refractivity contribution in [3.05, 3.63) is 58.1 Å². The molecule has 1 heterocycles. The average molecular weight is 294 g/mol. The molecular weight excluding hydrogens is 272 g/mol. The second kappa shape index (κ2) is 5.84. The number of hydrogen-bond acceptors (Lipinski definition) is 2. The van der Waals surface area contributed by atoms with E-state index in [-0.39, 0.29) is 5.91 Å². The lowest BCUT2D eigenvalue weighted by Gasteiger charge is -2.22. The fraction of sp³-hybridized carbons (Fsp3) is 0.316. The number of nitrogens with one attached hydrogen (secondary N) is 2. The molecule has 1 aliphatic heterocycles. The van der Waals surface area contributed by atoms with Crippen molar-refractivity contribution in [1.29, 1.82) is 0 Å². The van der Waals surface area contributed by atoms with Crippen LogP contribution in [-0.2, 0) is 6.42 Å². The van der Waals surface area contributed by atoms with Gasteiger partial charge in [0, 0.05) is 12.1 Å². The molecule has 1 aliphatic rings. The minimum Gasteiger partial charge on any atom is -0.383 e. The van der Waals surface area contributed by atoms with Crippen LogP contribution in [0.1, 0.15) is 39.0 Å². The number of carbonyl (C=O) groups is 1. The molecule has 0 aliphatic carbocycles. The Hall–Kier alpha value is -2.29. The van der Waals surface area contributed by atoms with Gasteiger partial charge in [-0.15, -0.1) is 0 Å². The van der Waals surface area contributed by atoms with E-state index in [0.29, 0.717) is 0 Å². The minimum atomic E-state index is -0.0317. The highest BCUT2D eigenvalue weighted by molar-refractivity contribution is 6.08. The first-order chi connectivity index (χ1) is 10.6. The number of carbonyl (C=O) groups excluding carboxylic acids is 1. The van der Waals surface area contributed by atoms with Crippen molar-refractivity contribution >= 4 is 17.3 Å². The van der Waals surface area contributed by atoms with E-state index in [0.717, 1.165) is 47.5 Å². The number of anilines is 2. The molecule has 2 aromatic carbocycles. The number of benzene rings is 2. The first kappa shape index (κ1) is 14.6. The number of para-hydroxylation sites is 1. The van der Waals surface area contributed by atoms with Gasteiger partial charge in [-0.3, -0.25) is 4.79 Å². The van der Waals surface area contributed by atoms with Crippen molar-refractivity contribution in [2.45, 2.75) is 33.6 Å². The van der Waals surface area contributed by atoms with Gasteiger partial charge in [0.1, 0.15) is 0 Å². The summed E-state index contributed by atoms with van der Waals surface area (Å²) < 4.78 is 0. The van der Waals surface area contributed by atoms with Crippen LogP contribution in [0, 0.1) is 20.8 Å². The van der Waals surface area contributed by atoms with Gasteiger partial charge < -0.3 is 10.6 Å². The maximum absolute atomic E-state index is 12.7. The molecule has 0 saturated carbocycles. The van der Waals surface area contributed by atoms with Crippen molar-refractivity contribution in [2.75, 3.05) is 17.2 Å². The highest BCUT2D eigenvalue weighted by atomic mass is 16.1. The zero-order valence-electron chi connectivity index (χ0n) is 13.4. The predicted molar refractivity (Wildman–Crippen MR) is 91.9 cm³/mol. The summed E-state index contributed by atoms with van der Waals surface area (Å²) in [6.07, 6.45) is 2.20. The standard InChI is InChI=1S/C19H22N2O/c1-12-10-13(2)17(14(3)11-12)19(22)21-16-8-4-6-15-7-5-9-20-18(15)16/h4,6,8,10-11,20H,5,7,9H2,1-3H3,(H,21,22). The van der Waals surface area contributed by atoms with E-state index in [2.05, 4.69) is 35.8 Å². The van der Waals surface area contributed by atoms with Crippen LogP contribution in [-0.4, -0.2) is 12.5 Å². The van der Waals surface area contributed by atoms with Crippen LogP contribution in [0.15, 0.2) is 30.3 Å². The van der Waals surface area contributed by atoms with Crippen molar-refractivity contribution in [3.8, 4) is 0 Å². The van der Waals surface area contributed by atoms with E-state index in [4.69, 9.17) is 0 Å². The molecule has 1 amide bonds. The molecule has 0 aromatic heterocycles.